The number of imidazole rings is 1. The number of nitrogens with zero attached hydrogens (tertiary/aromatic N) is 2. The molecule has 0 saturated heterocycles. The van der Waals surface area contributed by atoms with E-state index in [1.807, 2.05) is 97.1 Å². The molecule has 2 aromatic heterocycles. The van der Waals surface area contributed by atoms with Gasteiger partial charge in [0.15, 0.2) is 0 Å². The van der Waals surface area contributed by atoms with E-state index in [0.717, 1.165) is 82.7 Å². The molecule has 3 heteroatoms. The summed E-state index contributed by atoms with van der Waals surface area (Å²) in [5.41, 5.74) is 7.88. The molecule has 0 aliphatic heterocycles. The lowest BCUT2D eigenvalue weighted by Gasteiger charge is -2.19. The van der Waals surface area contributed by atoms with Crippen LogP contribution in [0, 0.1) is 0 Å². The first-order valence-electron chi connectivity index (χ1n) is 18.4. The normalized spacial score (nSPS) is 13.2. The summed E-state index contributed by atoms with van der Waals surface area (Å²) in [6.07, 6.45) is 0. The number of rotatable bonds is 4. The summed E-state index contributed by atoms with van der Waals surface area (Å²) in [4.78, 5) is 5.30. The Labute approximate surface area is 284 Å². The maximum Gasteiger partial charge on any atom is 0.146 e. The smallest absolute Gasteiger partial charge is 0.146 e. The van der Waals surface area contributed by atoms with Gasteiger partial charge in [-0.3, -0.25) is 4.57 Å². The summed E-state index contributed by atoms with van der Waals surface area (Å²) in [5, 5.41) is 5.72. The highest BCUT2D eigenvalue weighted by Gasteiger charge is 2.24. The Hall–Kier alpha value is -6.45. The molecule has 0 radical (unpaired) electrons. The lowest BCUT2D eigenvalue weighted by Crippen LogP contribution is -2.00. The minimum atomic E-state index is -0.420. The second-order valence-electron chi connectivity index (χ2n) is 11.9. The van der Waals surface area contributed by atoms with E-state index in [-0.39, 0.29) is 29.7 Å². The van der Waals surface area contributed by atoms with Crippen LogP contribution in [-0.4, -0.2) is 9.55 Å². The predicted octanol–water partition coefficient (Wildman–Crippen LogP) is 12.2. The van der Waals surface area contributed by atoms with Crippen molar-refractivity contribution >= 4 is 54.5 Å². The molecule has 0 bridgehead atoms. The largest absolute Gasteiger partial charge is 0.456 e. The molecule has 0 N–H and O–H groups in total. The number of hydrogen-bond acceptors (Lipinski definition) is 2. The summed E-state index contributed by atoms with van der Waals surface area (Å²) in [6.45, 7) is 0. The highest BCUT2D eigenvalue weighted by atomic mass is 16.3. The Kier molecular flexibility index (Phi) is 4.86. The molecule has 0 spiro atoms. The number of furan rings is 1. The van der Waals surface area contributed by atoms with Crippen LogP contribution in [0.4, 0.5) is 0 Å². The summed E-state index contributed by atoms with van der Waals surface area (Å²) in [5.74, 6) is 0.771. The first kappa shape index (κ1) is 22.1. The summed E-state index contributed by atoms with van der Waals surface area (Å²) >= 11 is 0. The van der Waals surface area contributed by atoms with Gasteiger partial charge in [-0.1, -0.05) is 127 Å². The maximum atomic E-state index is 8.87. The van der Waals surface area contributed by atoms with Crippen LogP contribution in [0.2, 0.25) is 0 Å². The van der Waals surface area contributed by atoms with Crippen LogP contribution in [-0.2, 0) is 0 Å². The maximum absolute atomic E-state index is 8.87. The van der Waals surface area contributed by atoms with Crippen molar-refractivity contribution in [3.63, 3.8) is 0 Å². The molecule has 0 saturated carbocycles. The van der Waals surface area contributed by atoms with Gasteiger partial charge in [0.25, 0.3) is 0 Å². The van der Waals surface area contributed by atoms with Gasteiger partial charge in [-0.05, 0) is 86.3 Å². The lowest BCUT2D eigenvalue weighted by atomic mass is 9.85. The highest BCUT2D eigenvalue weighted by molar-refractivity contribution is 6.26. The molecule has 2 heterocycles. The van der Waals surface area contributed by atoms with Gasteiger partial charge in [0, 0.05) is 22.0 Å². The third kappa shape index (κ3) is 3.98. The van der Waals surface area contributed by atoms with E-state index >= 15 is 0 Å². The fraction of sp³-hybridized carbons (Fsp3) is 0. The molecule has 48 heavy (non-hydrogen) atoms. The second-order valence-corrected chi connectivity index (χ2v) is 11.9. The highest BCUT2D eigenvalue weighted by Crippen LogP contribution is 2.48. The Morgan fingerprint density at radius 3 is 2.06 bits per heavy atom. The van der Waals surface area contributed by atoms with Gasteiger partial charge in [-0.2, -0.15) is 0 Å². The standard InChI is InChI=1S/C45H28N2O/c1-3-14-29(15-4-1)30-26-27-34-37(28-30)42(36-21-13-25-41-43(36)35-20-9-12-24-40(35)48-41)32-18-7-8-19-33(32)44(34)45-46-38-22-10-11-23-39(38)47(45)31-16-5-2-6-17-31/h1-28H/i1D,3D,4D,14D,15D. The Bertz CT molecular complexity index is 3100. The van der Waals surface area contributed by atoms with Crippen molar-refractivity contribution in [1.29, 1.82) is 0 Å². The predicted molar refractivity (Wildman–Crippen MR) is 200 cm³/mol. The number of para-hydroxylation sites is 4. The fourth-order valence-corrected chi connectivity index (χ4v) is 7.27. The second kappa shape index (κ2) is 10.5. The molecule has 10 aromatic rings. The zero-order valence-corrected chi connectivity index (χ0v) is 25.6. The van der Waals surface area contributed by atoms with Gasteiger partial charge in [0.1, 0.15) is 17.0 Å². The van der Waals surface area contributed by atoms with Crippen molar-refractivity contribution in [3.8, 4) is 39.3 Å². The summed E-state index contributed by atoms with van der Waals surface area (Å²) < 4.78 is 51.5. The van der Waals surface area contributed by atoms with Gasteiger partial charge < -0.3 is 4.42 Å². The van der Waals surface area contributed by atoms with Crippen molar-refractivity contribution in [1.82, 2.24) is 9.55 Å². The summed E-state index contributed by atoms with van der Waals surface area (Å²) in [7, 11) is 0. The molecular formula is C45H28N2O. The van der Waals surface area contributed by atoms with E-state index in [2.05, 4.69) is 47.0 Å². The summed E-state index contributed by atoms with van der Waals surface area (Å²) in [6, 6.07) is 45.0. The molecule has 0 aliphatic rings. The number of benzene rings is 8. The molecule has 3 nitrogen and oxygen atoms in total. The van der Waals surface area contributed by atoms with Gasteiger partial charge in [0.05, 0.1) is 17.9 Å². The van der Waals surface area contributed by atoms with Gasteiger partial charge in [0.2, 0.25) is 0 Å². The average Bonchev–Trinajstić information content (AvgIpc) is 3.78. The quantitative estimate of drug-likeness (QED) is 0.184. The van der Waals surface area contributed by atoms with Crippen LogP contribution in [0.5, 0.6) is 0 Å². The average molecular weight is 618 g/mol. The third-order valence-electron chi connectivity index (χ3n) is 9.28. The third-order valence-corrected chi connectivity index (χ3v) is 9.28. The van der Waals surface area contributed by atoms with Crippen molar-refractivity contribution in [2.24, 2.45) is 0 Å². The number of hydrogen-bond donors (Lipinski definition) is 0. The van der Waals surface area contributed by atoms with Crippen molar-refractivity contribution in [2.75, 3.05) is 0 Å². The molecule has 8 aromatic carbocycles. The van der Waals surface area contributed by atoms with Gasteiger partial charge in [-0.15, -0.1) is 0 Å². The fourth-order valence-electron chi connectivity index (χ4n) is 7.27. The van der Waals surface area contributed by atoms with Crippen LogP contribution in [0.15, 0.2) is 174 Å². The molecular weight excluding hydrogens is 585 g/mol. The Balaban J connectivity index is 1.41. The lowest BCUT2D eigenvalue weighted by molar-refractivity contribution is 0.669. The van der Waals surface area contributed by atoms with Crippen LogP contribution in [0.25, 0.3) is 93.8 Å². The van der Waals surface area contributed by atoms with Crippen LogP contribution in [0.3, 0.4) is 0 Å². The minimum absolute atomic E-state index is 0.155. The molecule has 0 unspecified atom stereocenters. The molecule has 0 amide bonds. The first-order chi connectivity index (χ1) is 25.9. The van der Waals surface area contributed by atoms with Crippen LogP contribution < -0.4 is 0 Å². The Morgan fingerprint density at radius 1 is 0.521 bits per heavy atom. The van der Waals surface area contributed by atoms with Crippen molar-refractivity contribution in [2.45, 2.75) is 0 Å². The van der Waals surface area contributed by atoms with Crippen molar-refractivity contribution in [3.05, 3.63) is 170 Å². The first-order valence-corrected chi connectivity index (χ1v) is 15.9. The van der Waals surface area contributed by atoms with E-state index in [1.165, 1.54) is 0 Å². The van der Waals surface area contributed by atoms with E-state index < -0.39 is 6.04 Å². The van der Waals surface area contributed by atoms with Crippen molar-refractivity contribution < 1.29 is 11.3 Å². The minimum Gasteiger partial charge on any atom is -0.456 e. The topological polar surface area (TPSA) is 31.0 Å². The zero-order valence-electron chi connectivity index (χ0n) is 30.6. The van der Waals surface area contributed by atoms with Crippen LogP contribution in [0.1, 0.15) is 6.85 Å². The molecule has 0 atom stereocenters. The number of aromatic nitrogens is 2. The van der Waals surface area contributed by atoms with E-state index in [0.29, 0.717) is 5.56 Å². The molecule has 224 valence electrons. The van der Waals surface area contributed by atoms with Crippen LogP contribution >= 0.6 is 0 Å². The van der Waals surface area contributed by atoms with E-state index in [9.17, 15) is 0 Å². The zero-order chi connectivity index (χ0) is 36.0. The van der Waals surface area contributed by atoms with E-state index in [4.69, 9.17) is 16.3 Å². The molecule has 0 fully saturated rings. The van der Waals surface area contributed by atoms with Gasteiger partial charge >= 0.3 is 0 Å². The van der Waals surface area contributed by atoms with E-state index in [1.54, 1.807) is 0 Å². The monoisotopic (exact) mass is 617 g/mol. The number of fused-ring (bicyclic) bond motifs is 6. The Morgan fingerprint density at radius 2 is 1.21 bits per heavy atom. The SMILES string of the molecule is [2H]c1c([2H])c([2H])c(-c2ccc3c(-c4nc5ccccc5n4-c4ccccc4)c4ccccc4c(-c4cccc5oc6ccccc6c45)c3c2)c([2H])c1[2H]. The molecule has 0 aliphatic carbocycles. The van der Waals surface area contributed by atoms with Gasteiger partial charge in [-0.25, -0.2) is 4.98 Å². The molecule has 10 rings (SSSR count).